The number of anilines is 2. The van der Waals surface area contributed by atoms with Gasteiger partial charge in [-0.2, -0.15) is 13.2 Å². The van der Waals surface area contributed by atoms with Crippen LogP contribution in [0.1, 0.15) is 30.9 Å². The highest BCUT2D eigenvalue weighted by Gasteiger charge is 2.51. The smallest absolute Gasteiger partial charge is 0.404 e. The van der Waals surface area contributed by atoms with Crippen LogP contribution >= 0.6 is 0 Å². The molecule has 2 aromatic rings. The third-order valence-electron chi connectivity index (χ3n) is 5.41. The van der Waals surface area contributed by atoms with Gasteiger partial charge in [-0.15, -0.1) is 0 Å². The maximum absolute atomic E-state index is 14.6. The van der Waals surface area contributed by atoms with E-state index >= 15 is 0 Å². The summed E-state index contributed by atoms with van der Waals surface area (Å²) in [5.41, 5.74) is 4.00. The second kappa shape index (κ2) is 10.6. The molecular weight excluding hydrogens is 478 g/mol. The van der Waals surface area contributed by atoms with Crippen LogP contribution in [0.15, 0.2) is 71.5 Å². The number of para-hydroxylation sites is 1. The molecule has 0 aromatic heterocycles. The summed E-state index contributed by atoms with van der Waals surface area (Å²) >= 11 is 0. The molecule has 190 valence electrons. The van der Waals surface area contributed by atoms with Crippen LogP contribution in [0.3, 0.4) is 0 Å². The quantitative estimate of drug-likeness (QED) is 0.232. The third kappa shape index (κ3) is 6.49. The van der Waals surface area contributed by atoms with E-state index in [-0.39, 0.29) is 29.1 Å². The van der Waals surface area contributed by atoms with Crippen LogP contribution < -0.4 is 21.7 Å². The second-order valence-electron chi connectivity index (χ2n) is 8.31. The van der Waals surface area contributed by atoms with Crippen molar-refractivity contribution in [1.29, 1.82) is 0 Å². The molecular formula is C25H25F4N5O2. The predicted octanol–water partition coefficient (Wildman–Crippen LogP) is 4.30. The first-order chi connectivity index (χ1) is 16.9. The van der Waals surface area contributed by atoms with Crippen LogP contribution in [-0.2, 0) is 22.3 Å². The van der Waals surface area contributed by atoms with Crippen molar-refractivity contribution in [3.05, 3.63) is 83.5 Å². The van der Waals surface area contributed by atoms with E-state index in [1.165, 1.54) is 36.5 Å². The van der Waals surface area contributed by atoms with E-state index in [0.29, 0.717) is 18.5 Å². The number of hydrogen-bond donors (Lipinski definition) is 4. The van der Waals surface area contributed by atoms with Gasteiger partial charge in [0.25, 0.3) is 5.91 Å². The van der Waals surface area contributed by atoms with E-state index < -0.39 is 34.9 Å². The standard InChI is InChI=1S/C25H25F4N5O2/c1-15(2)31-14-17(12-30)22(35)34-24(9-10-24)23(36)32-13-16-7-8-18(11-20(16)26)33-21-6-4-3-5-19(21)25(27,28)29/h3-8,11-12,14,33H,1,9-10,13,30H2,2H3,(H,32,36)(H,34,35)/b17-12+,31-14-. The van der Waals surface area contributed by atoms with Gasteiger partial charge in [-0.25, -0.2) is 4.39 Å². The molecule has 0 radical (unpaired) electrons. The van der Waals surface area contributed by atoms with Crippen molar-refractivity contribution in [2.24, 2.45) is 10.7 Å². The Kier molecular flexibility index (Phi) is 7.81. The summed E-state index contributed by atoms with van der Waals surface area (Å²) in [6.07, 6.45) is -1.48. The largest absolute Gasteiger partial charge is 0.418 e. The summed E-state index contributed by atoms with van der Waals surface area (Å²) in [4.78, 5) is 29.1. The Morgan fingerprint density at radius 3 is 2.47 bits per heavy atom. The molecule has 0 spiro atoms. The summed E-state index contributed by atoms with van der Waals surface area (Å²) in [5.74, 6) is -1.80. The minimum absolute atomic E-state index is 0.0540. The van der Waals surface area contributed by atoms with Gasteiger partial charge in [-0.3, -0.25) is 14.6 Å². The fraction of sp³-hybridized carbons (Fsp3) is 0.240. The van der Waals surface area contributed by atoms with Gasteiger partial charge in [0.05, 0.1) is 16.8 Å². The first-order valence-corrected chi connectivity index (χ1v) is 10.9. The van der Waals surface area contributed by atoms with E-state index in [1.54, 1.807) is 6.92 Å². The number of carbonyl (C=O) groups excluding carboxylic acids is 2. The van der Waals surface area contributed by atoms with Crippen molar-refractivity contribution in [3.63, 3.8) is 0 Å². The highest BCUT2D eigenvalue weighted by Crippen LogP contribution is 2.37. The normalized spacial score (nSPS) is 14.9. The lowest BCUT2D eigenvalue weighted by atomic mass is 10.1. The lowest BCUT2D eigenvalue weighted by Gasteiger charge is -2.18. The molecule has 3 rings (SSSR count). The molecule has 11 heteroatoms. The topological polar surface area (TPSA) is 109 Å². The Morgan fingerprint density at radius 1 is 1.19 bits per heavy atom. The van der Waals surface area contributed by atoms with Gasteiger partial charge in [0.1, 0.15) is 11.4 Å². The van der Waals surface area contributed by atoms with E-state index in [1.807, 2.05) is 0 Å². The van der Waals surface area contributed by atoms with Crippen LogP contribution in [0.4, 0.5) is 28.9 Å². The number of carbonyl (C=O) groups is 2. The molecule has 1 fully saturated rings. The van der Waals surface area contributed by atoms with Crippen molar-refractivity contribution >= 4 is 29.4 Å². The van der Waals surface area contributed by atoms with Gasteiger partial charge in [0, 0.05) is 35.9 Å². The molecule has 1 saturated carbocycles. The molecule has 1 aliphatic rings. The first-order valence-electron chi connectivity index (χ1n) is 10.9. The van der Waals surface area contributed by atoms with Crippen LogP contribution in [0.2, 0.25) is 0 Å². The summed E-state index contributed by atoms with van der Waals surface area (Å²) in [6, 6.07) is 8.68. The Hall–Kier alpha value is -4.15. The Bertz CT molecular complexity index is 1230. The molecule has 0 saturated heterocycles. The Morgan fingerprint density at radius 2 is 1.89 bits per heavy atom. The van der Waals surface area contributed by atoms with Gasteiger partial charge in [0.2, 0.25) is 5.91 Å². The van der Waals surface area contributed by atoms with Gasteiger partial charge < -0.3 is 21.7 Å². The van der Waals surface area contributed by atoms with Crippen molar-refractivity contribution in [1.82, 2.24) is 10.6 Å². The van der Waals surface area contributed by atoms with Crippen LogP contribution in [0.25, 0.3) is 0 Å². The molecule has 0 aliphatic heterocycles. The number of nitrogens with one attached hydrogen (secondary N) is 3. The molecule has 0 unspecified atom stereocenters. The Labute approximate surface area is 205 Å². The van der Waals surface area contributed by atoms with Crippen LogP contribution in [0, 0.1) is 5.82 Å². The number of nitrogens with zero attached hydrogens (tertiary/aromatic N) is 1. The van der Waals surface area contributed by atoms with Gasteiger partial charge in [-0.1, -0.05) is 24.8 Å². The molecule has 2 amide bonds. The highest BCUT2D eigenvalue weighted by molar-refractivity contribution is 6.13. The number of hydrogen-bond acceptors (Lipinski definition) is 5. The van der Waals surface area contributed by atoms with Gasteiger partial charge >= 0.3 is 6.18 Å². The minimum atomic E-state index is -4.57. The zero-order chi connectivity index (χ0) is 26.5. The lowest BCUT2D eigenvalue weighted by molar-refractivity contribution is -0.137. The van der Waals surface area contributed by atoms with Crippen LogP contribution in [-0.4, -0.2) is 23.6 Å². The van der Waals surface area contributed by atoms with E-state index in [2.05, 4.69) is 27.5 Å². The number of allylic oxidation sites excluding steroid dienone is 1. The summed E-state index contributed by atoms with van der Waals surface area (Å²) < 4.78 is 54.2. The number of alkyl halides is 3. The highest BCUT2D eigenvalue weighted by atomic mass is 19.4. The average Bonchev–Trinajstić information content (AvgIpc) is 3.59. The number of benzene rings is 2. The minimum Gasteiger partial charge on any atom is -0.404 e. The zero-order valence-corrected chi connectivity index (χ0v) is 19.4. The van der Waals surface area contributed by atoms with E-state index in [9.17, 15) is 27.2 Å². The molecule has 36 heavy (non-hydrogen) atoms. The van der Waals surface area contributed by atoms with Crippen molar-refractivity contribution < 1.29 is 27.2 Å². The number of amides is 2. The van der Waals surface area contributed by atoms with Crippen LogP contribution in [0.5, 0.6) is 0 Å². The fourth-order valence-electron chi connectivity index (χ4n) is 3.29. The SMILES string of the molecule is C=C(C)/N=C\C(=C/N)C(=O)NC1(C(=O)NCc2ccc(Nc3ccccc3C(F)(F)F)cc2F)CC1. The molecule has 7 nitrogen and oxygen atoms in total. The number of nitrogens with two attached hydrogens (primary N) is 1. The maximum Gasteiger partial charge on any atom is 0.418 e. The van der Waals surface area contributed by atoms with Crippen molar-refractivity contribution in [3.8, 4) is 0 Å². The zero-order valence-electron chi connectivity index (χ0n) is 19.4. The summed E-state index contributed by atoms with van der Waals surface area (Å²) in [7, 11) is 0. The molecule has 0 atom stereocenters. The Balaban J connectivity index is 1.63. The monoisotopic (exact) mass is 503 g/mol. The van der Waals surface area contributed by atoms with E-state index in [0.717, 1.165) is 18.3 Å². The molecule has 5 N–H and O–H groups in total. The summed E-state index contributed by atoms with van der Waals surface area (Å²) in [5, 5.41) is 7.80. The van der Waals surface area contributed by atoms with Gasteiger partial charge in [-0.05, 0) is 44.0 Å². The summed E-state index contributed by atoms with van der Waals surface area (Å²) in [6.45, 7) is 5.05. The third-order valence-corrected chi connectivity index (χ3v) is 5.41. The number of halogens is 4. The van der Waals surface area contributed by atoms with Crippen molar-refractivity contribution in [2.45, 2.75) is 38.0 Å². The predicted molar refractivity (Wildman–Crippen MR) is 129 cm³/mol. The molecule has 0 heterocycles. The van der Waals surface area contributed by atoms with Crippen molar-refractivity contribution in [2.75, 3.05) is 5.32 Å². The second-order valence-corrected chi connectivity index (χ2v) is 8.31. The first kappa shape index (κ1) is 26.5. The maximum atomic E-state index is 14.6. The molecule has 2 aromatic carbocycles. The number of rotatable bonds is 9. The lowest BCUT2D eigenvalue weighted by Crippen LogP contribution is -2.49. The van der Waals surface area contributed by atoms with Gasteiger partial charge in [0.15, 0.2) is 0 Å². The fourth-order valence-corrected chi connectivity index (χ4v) is 3.29. The average molecular weight is 504 g/mol. The molecule has 0 bridgehead atoms. The number of aliphatic imine (C=N–C) groups is 1. The molecule has 1 aliphatic carbocycles. The van der Waals surface area contributed by atoms with E-state index in [4.69, 9.17) is 5.73 Å².